The fraction of sp³-hybridized carbons (Fsp3) is 0.500. The van der Waals surface area contributed by atoms with Crippen molar-refractivity contribution in [1.82, 2.24) is 14.5 Å². The van der Waals surface area contributed by atoms with E-state index in [-0.39, 0.29) is 18.5 Å². The van der Waals surface area contributed by atoms with Crippen molar-refractivity contribution in [3.05, 3.63) is 64.2 Å². The topological polar surface area (TPSA) is 90.0 Å². The Morgan fingerprint density at radius 3 is 2.34 bits per heavy atom. The maximum atomic E-state index is 14.0. The standard InChI is InChI=1S/C28H39ClN4O4S/c1-6-25(28(35)30-23-12-8-9-13-23)32(18-22-11-7-10-14-24(22)29)27(34)19-33(38(36,37)31(4)5)26-17-20(2)15-16-21(26)3/h7,10-11,14-17,23,25H,6,8-9,12-13,18-19H2,1-5H3,(H,30,35)/t25-/m0/s1. The predicted molar refractivity (Wildman–Crippen MR) is 152 cm³/mol. The molecule has 1 atom stereocenters. The Bertz CT molecular complexity index is 1250. The van der Waals surface area contributed by atoms with Crippen molar-refractivity contribution in [3.63, 3.8) is 0 Å². The number of hydrogen-bond donors (Lipinski definition) is 1. The molecule has 0 aromatic heterocycles. The summed E-state index contributed by atoms with van der Waals surface area (Å²) >= 11 is 6.44. The molecule has 1 saturated carbocycles. The highest BCUT2D eigenvalue weighted by molar-refractivity contribution is 7.90. The van der Waals surface area contributed by atoms with E-state index in [4.69, 9.17) is 11.6 Å². The van der Waals surface area contributed by atoms with Gasteiger partial charge in [0, 0.05) is 31.7 Å². The zero-order valence-corrected chi connectivity index (χ0v) is 24.5. The molecule has 3 rings (SSSR count). The van der Waals surface area contributed by atoms with Crippen molar-refractivity contribution < 1.29 is 18.0 Å². The first kappa shape index (κ1) is 29.9. The molecule has 0 unspecified atom stereocenters. The van der Waals surface area contributed by atoms with Crippen LogP contribution in [0.15, 0.2) is 42.5 Å². The van der Waals surface area contributed by atoms with Gasteiger partial charge in [-0.3, -0.25) is 9.59 Å². The van der Waals surface area contributed by atoms with Gasteiger partial charge in [-0.1, -0.05) is 61.7 Å². The number of nitrogens with one attached hydrogen (secondary N) is 1. The van der Waals surface area contributed by atoms with Crippen LogP contribution in [0, 0.1) is 13.8 Å². The van der Waals surface area contributed by atoms with Gasteiger partial charge in [0.15, 0.2) is 0 Å². The number of aryl methyl sites for hydroxylation is 2. The van der Waals surface area contributed by atoms with Gasteiger partial charge in [0.05, 0.1) is 5.69 Å². The van der Waals surface area contributed by atoms with Gasteiger partial charge in [-0.05, 0) is 61.9 Å². The molecule has 10 heteroatoms. The summed E-state index contributed by atoms with van der Waals surface area (Å²) in [5.41, 5.74) is 2.70. The summed E-state index contributed by atoms with van der Waals surface area (Å²) < 4.78 is 29.1. The van der Waals surface area contributed by atoms with Crippen molar-refractivity contribution in [2.24, 2.45) is 0 Å². The Labute approximate surface area is 232 Å². The third-order valence-corrected chi connectivity index (χ3v) is 9.21. The third kappa shape index (κ3) is 7.07. The van der Waals surface area contributed by atoms with Gasteiger partial charge in [0.25, 0.3) is 0 Å². The number of halogens is 1. The molecule has 8 nitrogen and oxygen atoms in total. The molecule has 1 aliphatic rings. The van der Waals surface area contributed by atoms with Crippen LogP contribution >= 0.6 is 11.6 Å². The summed E-state index contributed by atoms with van der Waals surface area (Å²) in [6, 6.07) is 12.0. The maximum absolute atomic E-state index is 14.0. The van der Waals surface area contributed by atoms with E-state index < -0.39 is 28.7 Å². The average Bonchev–Trinajstić information content (AvgIpc) is 3.37. The zero-order valence-electron chi connectivity index (χ0n) is 22.9. The molecule has 1 N–H and O–H groups in total. The van der Waals surface area contributed by atoms with Crippen LogP contribution in [-0.4, -0.2) is 62.2 Å². The third-order valence-electron chi connectivity index (χ3n) is 7.04. The van der Waals surface area contributed by atoms with Crippen molar-refractivity contribution in [2.75, 3.05) is 24.9 Å². The number of benzene rings is 2. The Kier molecular flexibility index (Phi) is 10.2. The first-order valence-electron chi connectivity index (χ1n) is 13.1. The van der Waals surface area contributed by atoms with Crippen LogP contribution in [0.5, 0.6) is 0 Å². The molecule has 0 aliphatic heterocycles. The molecule has 38 heavy (non-hydrogen) atoms. The molecule has 2 amide bonds. The van der Waals surface area contributed by atoms with Crippen LogP contribution in [0.4, 0.5) is 5.69 Å². The molecule has 0 spiro atoms. The minimum absolute atomic E-state index is 0.0811. The van der Waals surface area contributed by atoms with E-state index in [2.05, 4.69) is 5.32 Å². The minimum atomic E-state index is -4.02. The zero-order chi connectivity index (χ0) is 28.0. The van der Waals surface area contributed by atoms with E-state index in [0.29, 0.717) is 22.7 Å². The lowest BCUT2D eigenvalue weighted by atomic mass is 10.1. The normalized spacial score (nSPS) is 14.9. The molecule has 2 aromatic rings. The largest absolute Gasteiger partial charge is 0.352 e. The molecule has 0 radical (unpaired) electrons. The maximum Gasteiger partial charge on any atom is 0.304 e. The molecule has 0 saturated heterocycles. The highest BCUT2D eigenvalue weighted by atomic mass is 35.5. The van der Waals surface area contributed by atoms with Gasteiger partial charge >= 0.3 is 10.2 Å². The predicted octanol–water partition coefficient (Wildman–Crippen LogP) is 4.44. The Balaban J connectivity index is 2.01. The second-order valence-electron chi connectivity index (χ2n) is 10.1. The molecular weight excluding hydrogens is 524 g/mol. The fourth-order valence-corrected chi connectivity index (χ4v) is 6.10. The number of nitrogens with zero attached hydrogens (tertiary/aromatic N) is 3. The lowest BCUT2D eigenvalue weighted by Gasteiger charge is -2.35. The average molecular weight is 563 g/mol. The lowest BCUT2D eigenvalue weighted by Crippen LogP contribution is -2.54. The molecule has 1 fully saturated rings. The first-order valence-corrected chi connectivity index (χ1v) is 14.8. The quantitative estimate of drug-likeness (QED) is 0.438. The van der Waals surface area contributed by atoms with Crippen LogP contribution in [0.2, 0.25) is 5.02 Å². The van der Waals surface area contributed by atoms with Crippen LogP contribution < -0.4 is 9.62 Å². The van der Waals surface area contributed by atoms with Gasteiger partial charge in [-0.2, -0.15) is 12.7 Å². The second-order valence-corrected chi connectivity index (χ2v) is 12.6. The highest BCUT2D eigenvalue weighted by Gasteiger charge is 2.35. The molecule has 208 valence electrons. The summed E-state index contributed by atoms with van der Waals surface area (Å²) in [6.45, 7) is 5.16. The fourth-order valence-electron chi connectivity index (χ4n) is 4.79. The molecule has 2 aromatic carbocycles. The summed E-state index contributed by atoms with van der Waals surface area (Å²) in [5.74, 6) is -0.710. The molecule has 0 heterocycles. The Morgan fingerprint density at radius 1 is 1.08 bits per heavy atom. The first-order chi connectivity index (χ1) is 17.9. The molecule has 1 aliphatic carbocycles. The van der Waals surface area contributed by atoms with Gasteiger partial charge in [0.2, 0.25) is 11.8 Å². The second kappa shape index (κ2) is 13.0. The van der Waals surface area contributed by atoms with Gasteiger partial charge in [0.1, 0.15) is 12.6 Å². The number of carbonyl (C=O) groups excluding carboxylic acids is 2. The van der Waals surface area contributed by atoms with E-state index in [1.165, 1.54) is 19.0 Å². The number of rotatable bonds is 11. The van der Waals surface area contributed by atoms with Gasteiger partial charge in [-0.15, -0.1) is 0 Å². The number of hydrogen-bond acceptors (Lipinski definition) is 4. The van der Waals surface area contributed by atoms with Crippen molar-refractivity contribution in [1.29, 1.82) is 0 Å². The summed E-state index contributed by atoms with van der Waals surface area (Å²) in [5, 5.41) is 3.59. The smallest absolute Gasteiger partial charge is 0.304 e. The van der Waals surface area contributed by atoms with E-state index in [9.17, 15) is 18.0 Å². The molecular formula is C28H39ClN4O4S. The summed E-state index contributed by atoms with van der Waals surface area (Å²) in [6.07, 6.45) is 4.34. The van der Waals surface area contributed by atoms with Crippen molar-refractivity contribution >= 4 is 39.3 Å². The summed E-state index contributed by atoms with van der Waals surface area (Å²) in [7, 11) is -1.15. The Hall–Kier alpha value is -2.62. The van der Waals surface area contributed by atoms with Crippen LogP contribution in [0.25, 0.3) is 0 Å². The molecule has 0 bridgehead atoms. The van der Waals surface area contributed by atoms with E-state index in [0.717, 1.165) is 45.4 Å². The van der Waals surface area contributed by atoms with E-state index in [1.807, 2.05) is 45.0 Å². The minimum Gasteiger partial charge on any atom is -0.352 e. The van der Waals surface area contributed by atoms with Crippen LogP contribution in [0.1, 0.15) is 55.7 Å². The number of anilines is 1. The Morgan fingerprint density at radius 2 is 1.74 bits per heavy atom. The van der Waals surface area contributed by atoms with Gasteiger partial charge in [-0.25, -0.2) is 4.31 Å². The number of carbonyl (C=O) groups is 2. The number of amides is 2. The van der Waals surface area contributed by atoms with Gasteiger partial charge < -0.3 is 10.2 Å². The lowest BCUT2D eigenvalue weighted by molar-refractivity contribution is -0.140. The van der Waals surface area contributed by atoms with Crippen LogP contribution in [-0.2, 0) is 26.3 Å². The monoisotopic (exact) mass is 562 g/mol. The SMILES string of the molecule is CC[C@@H](C(=O)NC1CCCC1)N(Cc1ccccc1Cl)C(=O)CN(c1cc(C)ccc1C)S(=O)(=O)N(C)C. The summed E-state index contributed by atoms with van der Waals surface area (Å²) in [4.78, 5) is 28.9. The van der Waals surface area contributed by atoms with Crippen molar-refractivity contribution in [2.45, 2.75) is 71.5 Å². The highest BCUT2D eigenvalue weighted by Crippen LogP contribution is 2.27. The van der Waals surface area contributed by atoms with Crippen molar-refractivity contribution in [3.8, 4) is 0 Å². The van der Waals surface area contributed by atoms with E-state index >= 15 is 0 Å². The van der Waals surface area contributed by atoms with E-state index in [1.54, 1.807) is 18.2 Å². The van der Waals surface area contributed by atoms with Crippen LogP contribution in [0.3, 0.4) is 0 Å².